The van der Waals surface area contributed by atoms with Crippen molar-refractivity contribution in [1.82, 2.24) is 10.6 Å². The van der Waals surface area contributed by atoms with Crippen molar-refractivity contribution >= 4 is 11.9 Å². The van der Waals surface area contributed by atoms with Crippen molar-refractivity contribution in [3.05, 3.63) is 29.8 Å². The van der Waals surface area contributed by atoms with E-state index in [1.165, 1.54) is 13.2 Å². The fourth-order valence-electron chi connectivity index (χ4n) is 1.19. The Balaban J connectivity index is 2.32. The van der Waals surface area contributed by atoms with E-state index in [2.05, 4.69) is 5.32 Å². The molecule has 1 rings (SSSR count). The molecule has 1 aromatic carbocycles. The highest BCUT2D eigenvalue weighted by Gasteiger charge is 2.09. The summed E-state index contributed by atoms with van der Waals surface area (Å²) in [4.78, 5) is 22.5. The summed E-state index contributed by atoms with van der Waals surface area (Å²) in [6.45, 7) is 0.0649. The number of hydrogen-bond donors (Lipinski definition) is 2. The number of urea groups is 1. The summed E-state index contributed by atoms with van der Waals surface area (Å²) in [5, 5.41) is 4.37. The predicted octanol–water partition coefficient (Wildman–Crippen LogP) is 0.816. The molecule has 0 aliphatic heterocycles. The van der Waals surface area contributed by atoms with E-state index in [-0.39, 0.29) is 12.3 Å². The zero-order chi connectivity index (χ0) is 15.0. The Morgan fingerprint density at radius 2 is 2.00 bits per heavy atom. The summed E-state index contributed by atoms with van der Waals surface area (Å²) in [6.07, 6.45) is 0. The van der Waals surface area contributed by atoms with Gasteiger partial charge in [-0.25, -0.2) is 13.6 Å². The minimum absolute atomic E-state index is 0.0150. The van der Waals surface area contributed by atoms with Gasteiger partial charge in [-0.1, -0.05) is 0 Å². The van der Waals surface area contributed by atoms with Crippen LogP contribution in [0.1, 0.15) is 0 Å². The lowest BCUT2D eigenvalue weighted by Crippen LogP contribution is -2.42. The Morgan fingerprint density at radius 1 is 1.25 bits per heavy atom. The van der Waals surface area contributed by atoms with Gasteiger partial charge in [-0.3, -0.25) is 10.1 Å². The minimum Gasteiger partial charge on any atom is -0.484 e. The van der Waals surface area contributed by atoms with Gasteiger partial charge < -0.3 is 14.8 Å². The van der Waals surface area contributed by atoms with E-state index in [1.54, 1.807) is 0 Å². The van der Waals surface area contributed by atoms with Crippen molar-refractivity contribution in [3.8, 4) is 5.75 Å². The molecule has 110 valence electrons. The molecule has 3 amide bonds. The molecule has 0 aromatic heterocycles. The largest absolute Gasteiger partial charge is 0.484 e. The number of rotatable bonds is 6. The number of methoxy groups -OCH3 is 1. The number of halogens is 2. The average Bonchev–Trinajstić information content (AvgIpc) is 2.40. The number of hydrogen-bond acceptors (Lipinski definition) is 4. The normalized spacial score (nSPS) is 9.95. The quantitative estimate of drug-likeness (QED) is 0.760. The molecule has 0 bridgehead atoms. The average molecular weight is 288 g/mol. The van der Waals surface area contributed by atoms with Crippen LogP contribution in [0.4, 0.5) is 13.6 Å². The van der Waals surface area contributed by atoms with Crippen molar-refractivity contribution in [2.75, 3.05) is 26.9 Å². The van der Waals surface area contributed by atoms with Gasteiger partial charge in [0, 0.05) is 19.7 Å². The second-order valence-electron chi connectivity index (χ2n) is 3.66. The van der Waals surface area contributed by atoms with Gasteiger partial charge in [0.05, 0.1) is 6.61 Å². The van der Waals surface area contributed by atoms with Crippen LogP contribution in [0.2, 0.25) is 0 Å². The Bertz CT molecular complexity index is 483. The van der Waals surface area contributed by atoms with Gasteiger partial charge in [-0.15, -0.1) is 0 Å². The SMILES string of the molecule is COCCNC(=O)NC(=O)COc1ccc(F)c(F)c1. The van der Waals surface area contributed by atoms with Crippen LogP contribution >= 0.6 is 0 Å². The molecule has 8 heteroatoms. The third kappa shape index (κ3) is 5.61. The highest BCUT2D eigenvalue weighted by molar-refractivity contribution is 5.94. The second-order valence-corrected chi connectivity index (χ2v) is 3.66. The smallest absolute Gasteiger partial charge is 0.321 e. The Labute approximate surface area is 114 Å². The molecule has 0 aliphatic carbocycles. The molecule has 20 heavy (non-hydrogen) atoms. The molecule has 0 fully saturated rings. The molecule has 0 atom stereocenters. The van der Waals surface area contributed by atoms with E-state index in [0.29, 0.717) is 6.61 Å². The molecule has 0 spiro atoms. The van der Waals surface area contributed by atoms with Crippen LogP contribution in [-0.2, 0) is 9.53 Å². The molecule has 6 nitrogen and oxygen atoms in total. The molecule has 0 heterocycles. The lowest BCUT2D eigenvalue weighted by atomic mass is 10.3. The van der Waals surface area contributed by atoms with Crippen LogP contribution in [0.5, 0.6) is 5.75 Å². The summed E-state index contributed by atoms with van der Waals surface area (Å²) in [7, 11) is 1.47. The summed E-state index contributed by atoms with van der Waals surface area (Å²) < 4.78 is 35.1. The molecule has 1 aromatic rings. The van der Waals surface area contributed by atoms with E-state index in [4.69, 9.17) is 9.47 Å². The molecular formula is C12H14F2N2O4. The third-order valence-corrected chi connectivity index (χ3v) is 2.11. The maximum Gasteiger partial charge on any atom is 0.321 e. The molecular weight excluding hydrogens is 274 g/mol. The maximum absolute atomic E-state index is 12.9. The van der Waals surface area contributed by atoms with Crippen molar-refractivity contribution < 1.29 is 27.8 Å². The van der Waals surface area contributed by atoms with Gasteiger partial charge in [0.2, 0.25) is 0 Å². The minimum atomic E-state index is -1.08. The number of carbonyl (C=O) groups excluding carboxylic acids is 2. The number of amides is 3. The molecule has 0 saturated carbocycles. The van der Waals surface area contributed by atoms with Gasteiger partial charge in [0.15, 0.2) is 18.2 Å². The number of benzene rings is 1. The van der Waals surface area contributed by atoms with Gasteiger partial charge in [0.25, 0.3) is 5.91 Å². The first-order valence-corrected chi connectivity index (χ1v) is 5.67. The second kappa shape index (κ2) is 8.05. The standard InChI is InChI=1S/C12H14F2N2O4/c1-19-5-4-15-12(18)16-11(17)7-20-8-2-3-9(13)10(14)6-8/h2-3,6H,4-5,7H2,1H3,(H2,15,16,17,18). The van der Waals surface area contributed by atoms with Crippen molar-refractivity contribution in [3.63, 3.8) is 0 Å². The van der Waals surface area contributed by atoms with E-state index in [0.717, 1.165) is 12.1 Å². The van der Waals surface area contributed by atoms with Gasteiger partial charge in [-0.2, -0.15) is 0 Å². The molecule has 0 unspecified atom stereocenters. The van der Waals surface area contributed by atoms with Crippen LogP contribution in [0.15, 0.2) is 18.2 Å². The molecule has 0 aliphatic rings. The van der Waals surface area contributed by atoms with E-state index in [1.807, 2.05) is 5.32 Å². The third-order valence-electron chi connectivity index (χ3n) is 2.11. The van der Waals surface area contributed by atoms with Crippen LogP contribution in [0.25, 0.3) is 0 Å². The highest BCUT2D eigenvalue weighted by Crippen LogP contribution is 2.14. The molecule has 2 N–H and O–H groups in total. The maximum atomic E-state index is 12.9. The summed E-state index contributed by atoms with van der Waals surface area (Å²) in [5.41, 5.74) is 0. The first kappa shape index (κ1) is 15.8. The number of carbonyl (C=O) groups is 2. The first-order chi connectivity index (χ1) is 9.52. The Hall–Kier alpha value is -2.22. The Kier molecular flexibility index (Phi) is 6.38. The number of imide groups is 1. The zero-order valence-corrected chi connectivity index (χ0v) is 10.7. The monoisotopic (exact) mass is 288 g/mol. The van der Waals surface area contributed by atoms with E-state index in [9.17, 15) is 18.4 Å². The first-order valence-electron chi connectivity index (χ1n) is 5.67. The fraction of sp³-hybridized carbons (Fsp3) is 0.333. The van der Waals surface area contributed by atoms with Gasteiger partial charge >= 0.3 is 6.03 Å². The Morgan fingerprint density at radius 3 is 2.65 bits per heavy atom. The van der Waals surface area contributed by atoms with Crippen molar-refractivity contribution in [1.29, 1.82) is 0 Å². The lowest BCUT2D eigenvalue weighted by molar-refractivity contribution is -0.122. The summed E-state index contributed by atoms with van der Waals surface area (Å²) in [6, 6.07) is 2.16. The lowest BCUT2D eigenvalue weighted by Gasteiger charge is -2.08. The molecule has 0 radical (unpaired) electrons. The van der Waals surface area contributed by atoms with Gasteiger partial charge in [-0.05, 0) is 12.1 Å². The zero-order valence-electron chi connectivity index (χ0n) is 10.7. The van der Waals surface area contributed by atoms with E-state index >= 15 is 0 Å². The number of ether oxygens (including phenoxy) is 2. The topological polar surface area (TPSA) is 76.7 Å². The van der Waals surface area contributed by atoms with Crippen molar-refractivity contribution in [2.24, 2.45) is 0 Å². The fourth-order valence-corrected chi connectivity index (χ4v) is 1.19. The van der Waals surface area contributed by atoms with E-state index < -0.39 is 30.2 Å². The molecule has 0 saturated heterocycles. The number of nitrogens with one attached hydrogen (secondary N) is 2. The van der Waals surface area contributed by atoms with Gasteiger partial charge in [0.1, 0.15) is 5.75 Å². The predicted molar refractivity (Wildman–Crippen MR) is 65.3 cm³/mol. The van der Waals surface area contributed by atoms with Crippen LogP contribution in [0, 0.1) is 11.6 Å². The summed E-state index contributed by atoms with van der Waals surface area (Å²) >= 11 is 0. The van der Waals surface area contributed by atoms with Crippen molar-refractivity contribution in [2.45, 2.75) is 0 Å². The van der Waals surface area contributed by atoms with Crippen LogP contribution < -0.4 is 15.4 Å². The van der Waals surface area contributed by atoms with Crippen LogP contribution in [0.3, 0.4) is 0 Å². The highest BCUT2D eigenvalue weighted by atomic mass is 19.2. The summed E-state index contributed by atoms with van der Waals surface area (Å²) in [5.74, 6) is -2.83. The van der Waals surface area contributed by atoms with Crippen LogP contribution in [-0.4, -0.2) is 38.8 Å².